The van der Waals surface area contributed by atoms with Crippen molar-refractivity contribution in [2.75, 3.05) is 0 Å². The van der Waals surface area contributed by atoms with Gasteiger partial charge in [0.15, 0.2) is 0 Å². The monoisotopic (exact) mass is 749 g/mol. The van der Waals surface area contributed by atoms with Crippen molar-refractivity contribution < 1.29 is 20.4 Å². The molecular formula is C51H72O4. The summed E-state index contributed by atoms with van der Waals surface area (Å²) in [4.78, 5) is 0. The first-order valence-electron chi connectivity index (χ1n) is 20.1. The Labute approximate surface area is 334 Å². The highest BCUT2D eigenvalue weighted by Gasteiger charge is 2.30. The molecule has 55 heavy (non-hydrogen) atoms. The van der Waals surface area contributed by atoms with Gasteiger partial charge in [0.25, 0.3) is 0 Å². The summed E-state index contributed by atoms with van der Waals surface area (Å²) in [6.07, 6.45) is 1.69. The van der Waals surface area contributed by atoms with Crippen molar-refractivity contribution in [1.29, 1.82) is 0 Å². The van der Waals surface area contributed by atoms with E-state index < -0.39 is 0 Å². The van der Waals surface area contributed by atoms with E-state index >= 15 is 0 Å². The molecule has 4 aromatic rings. The van der Waals surface area contributed by atoms with Crippen LogP contribution in [0.2, 0.25) is 0 Å². The summed E-state index contributed by atoms with van der Waals surface area (Å²) in [5, 5.41) is 46.4. The maximum atomic E-state index is 11.9. The first-order valence-corrected chi connectivity index (χ1v) is 20.1. The Kier molecular flexibility index (Phi) is 11.6. The van der Waals surface area contributed by atoms with E-state index in [-0.39, 0.29) is 38.2 Å². The third-order valence-corrected chi connectivity index (χ3v) is 10.9. The van der Waals surface area contributed by atoms with Gasteiger partial charge in [-0.15, -0.1) is 0 Å². The number of phenols is 4. The first kappa shape index (κ1) is 43.8. The zero-order chi connectivity index (χ0) is 42.0. The summed E-state index contributed by atoms with van der Waals surface area (Å²) >= 11 is 0. The van der Waals surface area contributed by atoms with Crippen molar-refractivity contribution in [2.45, 2.75) is 176 Å². The van der Waals surface area contributed by atoms with Gasteiger partial charge in [0.1, 0.15) is 23.0 Å². The molecule has 0 saturated carbocycles. The second-order valence-electron chi connectivity index (χ2n) is 22.4. The lowest BCUT2D eigenvalue weighted by Crippen LogP contribution is -2.18. The van der Waals surface area contributed by atoms with Gasteiger partial charge in [0.05, 0.1) is 0 Å². The quantitative estimate of drug-likeness (QED) is 0.158. The molecule has 4 nitrogen and oxygen atoms in total. The molecule has 0 radical (unpaired) electrons. The molecule has 0 aromatic heterocycles. The van der Waals surface area contributed by atoms with Crippen LogP contribution in [-0.2, 0) is 51.8 Å². The Hall–Kier alpha value is -3.92. The Morgan fingerprint density at radius 3 is 0.709 bits per heavy atom. The zero-order valence-corrected chi connectivity index (χ0v) is 37.5. The van der Waals surface area contributed by atoms with Gasteiger partial charge < -0.3 is 20.4 Å². The molecular weight excluding hydrogens is 677 g/mol. The second-order valence-corrected chi connectivity index (χ2v) is 22.4. The molecule has 0 fully saturated rings. The van der Waals surface area contributed by atoms with E-state index in [1.807, 2.05) is 6.07 Å². The summed E-state index contributed by atoms with van der Waals surface area (Å²) in [6.45, 7) is 38.4. The van der Waals surface area contributed by atoms with E-state index in [0.29, 0.717) is 36.5 Å². The topological polar surface area (TPSA) is 80.9 Å². The lowest BCUT2D eigenvalue weighted by molar-refractivity contribution is 0.422. The molecule has 4 heteroatoms. The molecule has 0 aliphatic heterocycles. The van der Waals surface area contributed by atoms with Gasteiger partial charge in [-0.2, -0.15) is 0 Å². The van der Waals surface area contributed by atoms with Crippen LogP contribution in [0.5, 0.6) is 23.0 Å². The molecule has 4 aromatic carbocycles. The van der Waals surface area contributed by atoms with Crippen LogP contribution < -0.4 is 0 Å². The third kappa shape index (κ3) is 9.91. The summed E-state index contributed by atoms with van der Waals surface area (Å²) in [5.74, 6) is 1.30. The van der Waals surface area contributed by atoms with Gasteiger partial charge in [-0.05, 0) is 118 Å². The second kappa shape index (κ2) is 14.5. The lowest BCUT2D eigenvalue weighted by Gasteiger charge is -2.29. The number of phenolic OH excluding ortho intramolecular Hbond substituents is 4. The summed E-state index contributed by atoms with van der Waals surface area (Å²) in [5.41, 5.74) is 10.0. The molecule has 0 aliphatic rings. The number of rotatable bonds is 6. The molecule has 4 N–H and O–H groups in total. The van der Waals surface area contributed by atoms with Crippen molar-refractivity contribution in [2.24, 2.45) is 0 Å². The SMILES string of the molecule is CC(C)(C)c1cc(Cc2cc(Cc3cc(C(C)(C)C)c(O)c(C(C)(C)C)c3)c(Cc3cc(C(C)(C)C)c(O)c(C(C)(C)C)c3)cc2O)cc(C(C)(C)C)c1O. The highest BCUT2D eigenvalue weighted by molar-refractivity contribution is 5.56. The molecule has 0 amide bonds. The van der Waals surface area contributed by atoms with Gasteiger partial charge in [-0.25, -0.2) is 0 Å². The molecule has 0 atom stereocenters. The predicted molar refractivity (Wildman–Crippen MR) is 233 cm³/mol. The molecule has 4 rings (SSSR count). The van der Waals surface area contributed by atoms with Crippen LogP contribution in [0, 0.1) is 0 Å². The van der Waals surface area contributed by atoms with E-state index in [1.54, 1.807) is 0 Å². The van der Waals surface area contributed by atoms with Crippen LogP contribution in [0.25, 0.3) is 0 Å². The first-order chi connectivity index (χ1) is 24.7. The van der Waals surface area contributed by atoms with E-state index in [1.165, 1.54) is 0 Å². The maximum Gasteiger partial charge on any atom is 0.123 e. The number of hydrogen-bond acceptors (Lipinski definition) is 4. The van der Waals surface area contributed by atoms with Crippen LogP contribution >= 0.6 is 0 Å². The molecule has 0 bridgehead atoms. The van der Waals surface area contributed by atoms with E-state index in [0.717, 1.165) is 66.8 Å². The van der Waals surface area contributed by atoms with Crippen LogP contribution in [0.3, 0.4) is 0 Å². The fraction of sp³-hybridized carbons (Fsp3) is 0.529. The smallest absolute Gasteiger partial charge is 0.123 e. The fourth-order valence-electron chi connectivity index (χ4n) is 7.68. The van der Waals surface area contributed by atoms with Crippen LogP contribution in [0.15, 0.2) is 48.5 Å². The average molecular weight is 749 g/mol. The maximum absolute atomic E-state index is 11.9. The Balaban J connectivity index is 2.00. The van der Waals surface area contributed by atoms with Crippen LogP contribution in [-0.4, -0.2) is 20.4 Å². The molecule has 300 valence electrons. The molecule has 0 saturated heterocycles. The van der Waals surface area contributed by atoms with Crippen molar-refractivity contribution in [3.8, 4) is 23.0 Å². The predicted octanol–water partition coefficient (Wildman–Crippen LogP) is 13.1. The number of benzene rings is 4. The van der Waals surface area contributed by atoms with Crippen molar-refractivity contribution in [3.05, 3.63) is 115 Å². The van der Waals surface area contributed by atoms with E-state index in [2.05, 4.69) is 167 Å². The van der Waals surface area contributed by atoms with Crippen molar-refractivity contribution >= 4 is 0 Å². The van der Waals surface area contributed by atoms with Crippen molar-refractivity contribution in [1.82, 2.24) is 0 Å². The van der Waals surface area contributed by atoms with Gasteiger partial charge >= 0.3 is 0 Å². The third-order valence-electron chi connectivity index (χ3n) is 10.9. The Morgan fingerprint density at radius 1 is 0.291 bits per heavy atom. The highest BCUT2D eigenvalue weighted by Crippen LogP contribution is 2.44. The fourth-order valence-corrected chi connectivity index (χ4v) is 7.68. The standard InChI is InChI=1S/C51H72O4/c1-46(2,3)36-22-30(23-37(43(36)53)47(4,5)6)19-33-28-35(21-32-26-40(50(13,14)15)45(55)41(27-32)51(16,17)18)42(52)29-34(33)20-31-24-38(48(7,8)9)44(54)39(25-31)49(10,11)12/h22-29,52-55H,19-21H2,1-18H3. The minimum Gasteiger partial charge on any atom is -0.508 e. The zero-order valence-electron chi connectivity index (χ0n) is 37.5. The van der Waals surface area contributed by atoms with E-state index in [9.17, 15) is 20.4 Å². The minimum atomic E-state index is -0.270. The van der Waals surface area contributed by atoms with Gasteiger partial charge in [0, 0.05) is 6.42 Å². The normalized spacial score (nSPS) is 13.4. The Bertz CT molecular complexity index is 1950. The molecule has 0 unspecified atom stereocenters. The largest absolute Gasteiger partial charge is 0.508 e. The highest BCUT2D eigenvalue weighted by atomic mass is 16.3. The average Bonchev–Trinajstić information content (AvgIpc) is 2.98. The van der Waals surface area contributed by atoms with E-state index in [4.69, 9.17) is 0 Å². The summed E-state index contributed by atoms with van der Waals surface area (Å²) < 4.78 is 0. The van der Waals surface area contributed by atoms with Gasteiger partial charge in [-0.3, -0.25) is 0 Å². The van der Waals surface area contributed by atoms with Crippen LogP contribution in [0.4, 0.5) is 0 Å². The summed E-state index contributed by atoms with van der Waals surface area (Å²) in [6, 6.07) is 16.9. The molecule has 0 aliphatic carbocycles. The molecule has 0 heterocycles. The molecule has 0 spiro atoms. The number of hydrogen-bond donors (Lipinski definition) is 4. The van der Waals surface area contributed by atoms with Gasteiger partial charge in [-0.1, -0.05) is 167 Å². The van der Waals surface area contributed by atoms with Crippen LogP contribution in [0.1, 0.15) is 191 Å². The minimum absolute atomic E-state index is 0.240. The van der Waals surface area contributed by atoms with Crippen molar-refractivity contribution in [3.63, 3.8) is 0 Å². The Morgan fingerprint density at radius 2 is 0.491 bits per heavy atom. The summed E-state index contributed by atoms with van der Waals surface area (Å²) in [7, 11) is 0. The van der Waals surface area contributed by atoms with Gasteiger partial charge in [0.2, 0.25) is 0 Å². The number of aromatic hydroxyl groups is 4. The lowest BCUT2D eigenvalue weighted by atomic mass is 9.77.